The summed E-state index contributed by atoms with van der Waals surface area (Å²) in [6, 6.07) is -0.331. The molecule has 0 saturated carbocycles. The van der Waals surface area contributed by atoms with Gasteiger partial charge < -0.3 is 48.1 Å². The average Bonchev–Trinajstić information content (AvgIpc) is 2.92. The molecule has 4 amide bonds. The van der Waals surface area contributed by atoms with Gasteiger partial charge in [-0.25, -0.2) is 4.79 Å². The molecule has 5 atom stereocenters. The number of nitrogens with one attached hydrogen (secondary N) is 4. The number of rotatable bonds is 19. The van der Waals surface area contributed by atoms with Crippen molar-refractivity contribution in [2.24, 2.45) is 17.6 Å². The molecule has 0 radical (unpaired) electrons. The standard InChI is InChI=1S/C29H44N6O10/c1-14(2)10-19(33-28(43)24(15(3)4)35-25(40)18(31)8-9-22(36)37)26(41)32-20(12-16-6-5-7-17(30)11-16)27(42)34-21(29(44)45)13-23(38)39/h5-7,11,14-15,18-21,24H,8-10,12-13,30-31H2,1-4H3,(H,32,41)(H,33,43)(H,34,42)(H,35,40)(H,36,37)(H,38,39)(H,44,45)/t18-,19-,20-,21-,24-/m0/s1. The molecule has 45 heavy (non-hydrogen) atoms. The molecule has 11 N–H and O–H groups in total. The predicted octanol–water partition coefficient (Wildman–Crippen LogP) is -0.796. The molecule has 0 unspecified atom stereocenters. The Kier molecular flexibility index (Phi) is 15.5. The molecular formula is C29H44N6O10. The van der Waals surface area contributed by atoms with Crippen molar-refractivity contribution in [1.82, 2.24) is 21.3 Å². The molecule has 0 bridgehead atoms. The van der Waals surface area contributed by atoms with Gasteiger partial charge in [-0.2, -0.15) is 0 Å². The van der Waals surface area contributed by atoms with Crippen LogP contribution in [0, 0.1) is 11.8 Å². The molecule has 0 aliphatic rings. The van der Waals surface area contributed by atoms with Crippen LogP contribution in [-0.4, -0.2) is 87.1 Å². The number of hydrogen-bond donors (Lipinski definition) is 9. The highest BCUT2D eigenvalue weighted by atomic mass is 16.4. The number of carbonyl (C=O) groups is 7. The van der Waals surface area contributed by atoms with Crippen LogP contribution >= 0.6 is 0 Å². The molecule has 16 heteroatoms. The van der Waals surface area contributed by atoms with E-state index in [1.165, 1.54) is 0 Å². The Balaban J connectivity index is 3.24. The average molecular weight is 637 g/mol. The van der Waals surface area contributed by atoms with E-state index in [9.17, 15) is 38.7 Å². The molecule has 0 aromatic heterocycles. The SMILES string of the molecule is CC(C)C[C@H](NC(=O)[C@@H](NC(=O)[C@@H](N)CCC(=O)O)C(C)C)C(=O)N[C@@H](Cc1cccc(N)c1)C(=O)N[C@@H](CC(=O)O)C(=O)O. The van der Waals surface area contributed by atoms with E-state index < -0.39 is 84.1 Å². The zero-order valence-corrected chi connectivity index (χ0v) is 25.7. The van der Waals surface area contributed by atoms with E-state index in [2.05, 4.69) is 21.3 Å². The third kappa shape index (κ3) is 14.1. The number of nitrogen functional groups attached to an aromatic ring is 1. The number of benzene rings is 1. The normalized spacial score (nSPS) is 14.4. The van der Waals surface area contributed by atoms with E-state index in [1.54, 1.807) is 52.0 Å². The smallest absolute Gasteiger partial charge is 0.326 e. The zero-order valence-electron chi connectivity index (χ0n) is 25.7. The maximum atomic E-state index is 13.6. The van der Waals surface area contributed by atoms with Crippen molar-refractivity contribution in [1.29, 1.82) is 0 Å². The topological polar surface area (TPSA) is 280 Å². The summed E-state index contributed by atoms with van der Waals surface area (Å²) in [4.78, 5) is 86.2. The van der Waals surface area contributed by atoms with E-state index >= 15 is 0 Å². The van der Waals surface area contributed by atoms with Crippen molar-refractivity contribution < 1.29 is 48.9 Å². The third-order valence-corrected chi connectivity index (χ3v) is 6.61. The first-order chi connectivity index (χ1) is 20.9. The summed E-state index contributed by atoms with van der Waals surface area (Å²) in [7, 11) is 0. The second-order valence-electron chi connectivity index (χ2n) is 11.5. The van der Waals surface area contributed by atoms with Crippen LogP contribution in [0.15, 0.2) is 24.3 Å². The molecule has 16 nitrogen and oxygen atoms in total. The van der Waals surface area contributed by atoms with E-state index in [0.29, 0.717) is 11.3 Å². The Labute approximate surface area is 260 Å². The Hall–Kier alpha value is -4.73. The van der Waals surface area contributed by atoms with Crippen molar-refractivity contribution in [2.45, 2.75) is 90.0 Å². The summed E-state index contributed by atoms with van der Waals surface area (Å²) >= 11 is 0. The Bertz CT molecular complexity index is 1240. The molecule has 250 valence electrons. The van der Waals surface area contributed by atoms with Gasteiger partial charge in [-0.1, -0.05) is 39.8 Å². The van der Waals surface area contributed by atoms with Crippen LogP contribution < -0.4 is 32.7 Å². The van der Waals surface area contributed by atoms with Gasteiger partial charge in [-0.15, -0.1) is 0 Å². The molecule has 1 rings (SSSR count). The lowest BCUT2D eigenvalue weighted by Gasteiger charge is -2.28. The molecule has 0 saturated heterocycles. The lowest BCUT2D eigenvalue weighted by molar-refractivity contribution is -0.147. The minimum Gasteiger partial charge on any atom is -0.481 e. The minimum absolute atomic E-state index is 0.109. The van der Waals surface area contributed by atoms with Crippen molar-refractivity contribution >= 4 is 47.2 Å². The van der Waals surface area contributed by atoms with Crippen LogP contribution in [0.3, 0.4) is 0 Å². The lowest BCUT2D eigenvalue weighted by Crippen LogP contribution is -2.60. The van der Waals surface area contributed by atoms with Crippen molar-refractivity contribution in [3.05, 3.63) is 29.8 Å². The maximum Gasteiger partial charge on any atom is 0.326 e. The van der Waals surface area contributed by atoms with Gasteiger partial charge in [-0.3, -0.25) is 28.8 Å². The van der Waals surface area contributed by atoms with Gasteiger partial charge in [0.15, 0.2) is 0 Å². The summed E-state index contributed by atoms with van der Waals surface area (Å²) in [5, 5.41) is 37.1. The highest BCUT2D eigenvalue weighted by Crippen LogP contribution is 2.12. The first-order valence-electron chi connectivity index (χ1n) is 14.4. The van der Waals surface area contributed by atoms with Crippen molar-refractivity contribution in [3.63, 3.8) is 0 Å². The quantitative estimate of drug-likeness (QED) is 0.0844. The number of anilines is 1. The molecule has 1 aromatic rings. The highest BCUT2D eigenvalue weighted by molar-refractivity contribution is 5.96. The fourth-order valence-electron chi connectivity index (χ4n) is 4.25. The van der Waals surface area contributed by atoms with Gasteiger partial charge in [0.05, 0.1) is 12.5 Å². The number of carboxylic acid groups (broad SMARTS) is 3. The van der Waals surface area contributed by atoms with Crippen molar-refractivity contribution in [3.8, 4) is 0 Å². The summed E-state index contributed by atoms with van der Waals surface area (Å²) in [6.07, 6.45) is -1.45. The Morgan fingerprint density at radius 3 is 1.84 bits per heavy atom. The predicted molar refractivity (Wildman–Crippen MR) is 161 cm³/mol. The number of amides is 4. The third-order valence-electron chi connectivity index (χ3n) is 6.61. The van der Waals surface area contributed by atoms with Gasteiger partial charge >= 0.3 is 17.9 Å². The van der Waals surface area contributed by atoms with Crippen LogP contribution in [0.4, 0.5) is 5.69 Å². The second-order valence-corrected chi connectivity index (χ2v) is 11.5. The summed E-state index contributed by atoms with van der Waals surface area (Å²) < 4.78 is 0. The van der Waals surface area contributed by atoms with Gasteiger partial charge in [0.1, 0.15) is 24.2 Å². The summed E-state index contributed by atoms with van der Waals surface area (Å²) in [5.41, 5.74) is 12.5. The van der Waals surface area contributed by atoms with Gasteiger partial charge in [-0.05, 0) is 42.4 Å². The van der Waals surface area contributed by atoms with Crippen molar-refractivity contribution in [2.75, 3.05) is 5.73 Å². The fourth-order valence-corrected chi connectivity index (χ4v) is 4.25. The van der Waals surface area contributed by atoms with E-state index in [0.717, 1.165) is 0 Å². The molecular weight excluding hydrogens is 592 g/mol. The second kappa shape index (κ2) is 18.2. The molecule has 0 spiro atoms. The summed E-state index contributed by atoms with van der Waals surface area (Å²) in [6.45, 7) is 6.87. The first-order valence-corrected chi connectivity index (χ1v) is 14.4. The molecule has 0 aliphatic heterocycles. The molecule has 0 heterocycles. The zero-order chi connectivity index (χ0) is 34.4. The largest absolute Gasteiger partial charge is 0.481 e. The van der Waals surface area contributed by atoms with E-state index in [4.69, 9.17) is 21.7 Å². The van der Waals surface area contributed by atoms with E-state index in [-0.39, 0.29) is 31.6 Å². The first kappa shape index (κ1) is 38.3. The van der Waals surface area contributed by atoms with Gasteiger partial charge in [0.25, 0.3) is 0 Å². The molecule has 1 aromatic carbocycles. The molecule has 0 fully saturated rings. The fraction of sp³-hybridized carbons (Fsp3) is 0.552. The Morgan fingerprint density at radius 2 is 1.33 bits per heavy atom. The monoisotopic (exact) mass is 636 g/mol. The van der Waals surface area contributed by atoms with Crippen LogP contribution in [0.25, 0.3) is 0 Å². The van der Waals surface area contributed by atoms with E-state index in [1.807, 2.05) is 0 Å². The highest BCUT2D eigenvalue weighted by Gasteiger charge is 2.33. The maximum absolute atomic E-state index is 13.6. The summed E-state index contributed by atoms with van der Waals surface area (Å²) in [5.74, 6) is -8.03. The lowest BCUT2D eigenvalue weighted by atomic mass is 9.98. The number of aliphatic carboxylic acids is 3. The van der Waals surface area contributed by atoms with Gasteiger partial charge in [0, 0.05) is 18.5 Å². The number of carbonyl (C=O) groups excluding carboxylic acids is 4. The van der Waals surface area contributed by atoms with Crippen LogP contribution in [0.5, 0.6) is 0 Å². The van der Waals surface area contributed by atoms with Crippen LogP contribution in [-0.2, 0) is 40.0 Å². The minimum atomic E-state index is -1.78. The van der Waals surface area contributed by atoms with Crippen LogP contribution in [0.1, 0.15) is 58.9 Å². The number of nitrogens with two attached hydrogens (primary N) is 2. The molecule has 0 aliphatic carbocycles. The van der Waals surface area contributed by atoms with Crippen LogP contribution in [0.2, 0.25) is 0 Å². The number of hydrogen-bond acceptors (Lipinski definition) is 9. The number of carboxylic acids is 3. The van der Waals surface area contributed by atoms with Gasteiger partial charge in [0.2, 0.25) is 23.6 Å². The Morgan fingerprint density at radius 1 is 0.756 bits per heavy atom.